The second-order valence-corrected chi connectivity index (χ2v) is 5.54. The van der Waals surface area contributed by atoms with E-state index in [0.29, 0.717) is 11.4 Å². The number of likely N-dealkylation sites (tertiary alicyclic amines) is 1. The predicted octanol–water partition coefficient (Wildman–Crippen LogP) is 1.22. The molecule has 0 bridgehead atoms. The van der Waals surface area contributed by atoms with Gasteiger partial charge in [-0.3, -0.25) is 4.79 Å². The van der Waals surface area contributed by atoms with Gasteiger partial charge in [0.05, 0.1) is 23.1 Å². The Morgan fingerprint density at radius 2 is 2.24 bits per heavy atom. The standard InChI is InChI=1S/C12H20N2O2S/c1-16-12(5-3-6-12)8-10(15)14-7-2-4-9(14)11(13)17/h9H,2-8H2,1H3,(H2,13,17). The molecule has 1 saturated carbocycles. The molecule has 1 unspecified atom stereocenters. The van der Waals surface area contributed by atoms with Gasteiger partial charge in [0, 0.05) is 13.7 Å². The molecule has 0 aromatic carbocycles. The van der Waals surface area contributed by atoms with Gasteiger partial charge in [0.15, 0.2) is 0 Å². The van der Waals surface area contributed by atoms with Crippen LogP contribution in [0.2, 0.25) is 0 Å². The summed E-state index contributed by atoms with van der Waals surface area (Å²) in [6.07, 6.45) is 5.50. The second kappa shape index (κ2) is 4.90. The van der Waals surface area contributed by atoms with Gasteiger partial charge in [-0.25, -0.2) is 0 Å². The third-order valence-corrected chi connectivity index (χ3v) is 4.34. The third kappa shape index (κ3) is 2.45. The summed E-state index contributed by atoms with van der Waals surface area (Å²) >= 11 is 5.02. The highest BCUT2D eigenvalue weighted by Crippen LogP contribution is 2.39. The van der Waals surface area contributed by atoms with Gasteiger partial charge < -0.3 is 15.4 Å². The summed E-state index contributed by atoms with van der Waals surface area (Å²) in [7, 11) is 1.70. The van der Waals surface area contributed by atoms with Crippen LogP contribution in [-0.2, 0) is 9.53 Å². The first-order chi connectivity index (χ1) is 8.08. The van der Waals surface area contributed by atoms with Crippen LogP contribution in [0.15, 0.2) is 0 Å². The molecule has 1 aliphatic heterocycles. The summed E-state index contributed by atoms with van der Waals surface area (Å²) in [5.41, 5.74) is 5.47. The van der Waals surface area contributed by atoms with Crippen molar-refractivity contribution in [1.82, 2.24) is 4.90 Å². The number of hydrogen-bond donors (Lipinski definition) is 1. The monoisotopic (exact) mass is 256 g/mol. The molecular formula is C12H20N2O2S. The van der Waals surface area contributed by atoms with Gasteiger partial charge in [0.2, 0.25) is 5.91 Å². The lowest BCUT2D eigenvalue weighted by Crippen LogP contribution is -2.48. The van der Waals surface area contributed by atoms with Crippen LogP contribution in [0.3, 0.4) is 0 Å². The average Bonchev–Trinajstić information content (AvgIpc) is 2.72. The highest BCUT2D eigenvalue weighted by atomic mass is 32.1. The first kappa shape index (κ1) is 12.8. The molecule has 2 aliphatic rings. The summed E-state index contributed by atoms with van der Waals surface area (Å²) < 4.78 is 5.49. The van der Waals surface area contributed by atoms with E-state index in [4.69, 9.17) is 22.7 Å². The molecule has 1 aliphatic carbocycles. The zero-order valence-electron chi connectivity index (χ0n) is 10.3. The lowest BCUT2D eigenvalue weighted by atomic mass is 9.77. The quantitative estimate of drug-likeness (QED) is 0.769. The SMILES string of the molecule is COC1(CC(=O)N2CCCC2C(N)=S)CCC1. The van der Waals surface area contributed by atoms with Crippen molar-refractivity contribution in [1.29, 1.82) is 0 Å². The van der Waals surface area contributed by atoms with E-state index in [1.807, 2.05) is 4.90 Å². The normalized spacial score (nSPS) is 26.6. The van der Waals surface area contributed by atoms with E-state index in [1.54, 1.807) is 7.11 Å². The summed E-state index contributed by atoms with van der Waals surface area (Å²) in [5, 5.41) is 0. The Kier molecular flexibility index (Phi) is 3.68. The first-order valence-corrected chi connectivity index (χ1v) is 6.63. The molecule has 1 saturated heterocycles. The molecule has 1 amide bonds. The molecule has 1 heterocycles. The molecule has 2 N–H and O–H groups in total. The van der Waals surface area contributed by atoms with Crippen LogP contribution >= 0.6 is 12.2 Å². The van der Waals surface area contributed by atoms with Gasteiger partial charge in [-0.1, -0.05) is 12.2 Å². The Bertz CT molecular complexity index is 323. The van der Waals surface area contributed by atoms with Crippen LogP contribution in [-0.4, -0.2) is 41.1 Å². The maximum atomic E-state index is 12.3. The fraction of sp³-hybridized carbons (Fsp3) is 0.833. The minimum atomic E-state index is -0.208. The molecule has 17 heavy (non-hydrogen) atoms. The number of amides is 1. The Labute approximate surface area is 107 Å². The van der Waals surface area contributed by atoms with Crippen LogP contribution in [0.25, 0.3) is 0 Å². The largest absolute Gasteiger partial charge is 0.392 e. The van der Waals surface area contributed by atoms with Crippen molar-refractivity contribution in [2.24, 2.45) is 5.73 Å². The summed E-state index contributed by atoms with van der Waals surface area (Å²) in [5.74, 6) is 0.141. The Balaban J connectivity index is 1.97. The number of nitrogens with zero attached hydrogens (tertiary/aromatic N) is 1. The van der Waals surface area contributed by atoms with E-state index in [9.17, 15) is 4.79 Å². The summed E-state index contributed by atoms with van der Waals surface area (Å²) in [6.45, 7) is 0.778. The van der Waals surface area contributed by atoms with Crippen LogP contribution in [0.1, 0.15) is 38.5 Å². The van der Waals surface area contributed by atoms with Crippen molar-refractivity contribution >= 4 is 23.1 Å². The summed E-state index contributed by atoms with van der Waals surface area (Å²) in [4.78, 5) is 14.5. The molecule has 0 radical (unpaired) electrons. The minimum absolute atomic E-state index is 0.0357. The van der Waals surface area contributed by atoms with Crippen LogP contribution in [0.4, 0.5) is 0 Å². The molecule has 5 heteroatoms. The van der Waals surface area contributed by atoms with Crippen molar-refractivity contribution in [3.63, 3.8) is 0 Å². The van der Waals surface area contributed by atoms with E-state index >= 15 is 0 Å². The van der Waals surface area contributed by atoms with E-state index in [-0.39, 0.29) is 17.6 Å². The Morgan fingerprint density at radius 3 is 2.71 bits per heavy atom. The van der Waals surface area contributed by atoms with Crippen LogP contribution in [0.5, 0.6) is 0 Å². The van der Waals surface area contributed by atoms with Gasteiger partial charge >= 0.3 is 0 Å². The number of methoxy groups -OCH3 is 1. The molecule has 2 rings (SSSR count). The lowest BCUT2D eigenvalue weighted by molar-refractivity contribution is -0.143. The molecular weight excluding hydrogens is 236 g/mol. The van der Waals surface area contributed by atoms with Gasteiger partial charge in [-0.15, -0.1) is 0 Å². The number of hydrogen-bond acceptors (Lipinski definition) is 3. The topological polar surface area (TPSA) is 55.6 Å². The average molecular weight is 256 g/mol. The summed E-state index contributed by atoms with van der Waals surface area (Å²) in [6, 6.07) is -0.0357. The number of carbonyl (C=O) groups is 1. The second-order valence-electron chi connectivity index (χ2n) is 5.06. The van der Waals surface area contributed by atoms with Gasteiger partial charge in [0.1, 0.15) is 0 Å². The van der Waals surface area contributed by atoms with E-state index in [1.165, 1.54) is 0 Å². The lowest BCUT2D eigenvalue weighted by Gasteiger charge is -2.41. The zero-order valence-corrected chi connectivity index (χ0v) is 11.1. The van der Waals surface area contributed by atoms with E-state index in [0.717, 1.165) is 38.6 Å². The molecule has 2 fully saturated rings. The molecule has 0 aromatic heterocycles. The molecule has 4 nitrogen and oxygen atoms in total. The molecule has 0 spiro atoms. The molecule has 96 valence electrons. The maximum absolute atomic E-state index is 12.3. The number of ether oxygens (including phenoxy) is 1. The van der Waals surface area contributed by atoms with Crippen molar-refractivity contribution in [2.75, 3.05) is 13.7 Å². The Hall–Kier alpha value is -0.680. The van der Waals surface area contributed by atoms with E-state index < -0.39 is 0 Å². The predicted molar refractivity (Wildman–Crippen MR) is 69.7 cm³/mol. The fourth-order valence-corrected chi connectivity index (χ4v) is 3.01. The van der Waals surface area contributed by atoms with Gasteiger partial charge in [-0.2, -0.15) is 0 Å². The zero-order chi connectivity index (χ0) is 12.5. The first-order valence-electron chi connectivity index (χ1n) is 6.22. The van der Waals surface area contributed by atoms with Crippen molar-refractivity contribution in [3.8, 4) is 0 Å². The molecule has 0 aromatic rings. The minimum Gasteiger partial charge on any atom is -0.392 e. The van der Waals surface area contributed by atoms with E-state index in [2.05, 4.69) is 0 Å². The fourth-order valence-electron chi connectivity index (χ4n) is 2.76. The van der Waals surface area contributed by atoms with Gasteiger partial charge in [-0.05, 0) is 32.1 Å². The number of rotatable bonds is 4. The van der Waals surface area contributed by atoms with Crippen LogP contribution < -0.4 is 5.73 Å². The highest BCUT2D eigenvalue weighted by Gasteiger charge is 2.42. The van der Waals surface area contributed by atoms with Crippen molar-refractivity contribution in [3.05, 3.63) is 0 Å². The van der Waals surface area contributed by atoms with Gasteiger partial charge in [0.25, 0.3) is 0 Å². The smallest absolute Gasteiger partial charge is 0.226 e. The number of nitrogens with two attached hydrogens (primary N) is 1. The maximum Gasteiger partial charge on any atom is 0.226 e. The number of carbonyl (C=O) groups excluding carboxylic acids is 1. The van der Waals surface area contributed by atoms with Crippen LogP contribution in [0, 0.1) is 0 Å². The molecule has 1 atom stereocenters. The Morgan fingerprint density at radius 1 is 1.53 bits per heavy atom. The third-order valence-electron chi connectivity index (χ3n) is 4.07. The number of thiocarbonyl (C=S) groups is 1. The highest BCUT2D eigenvalue weighted by molar-refractivity contribution is 7.80. The van der Waals surface area contributed by atoms with Crippen molar-refractivity contribution < 1.29 is 9.53 Å². The van der Waals surface area contributed by atoms with Crippen molar-refractivity contribution in [2.45, 2.75) is 50.2 Å².